The number of nitrogens with one attached hydrogen (secondary N) is 1. The molecule has 214 valence electrons. The van der Waals surface area contributed by atoms with Gasteiger partial charge >= 0.3 is 0 Å². The number of hydrogen-bond donors (Lipinski definition) is 1. The zero-order valence-electron chi connectivity index (χ0n) is 22.6. The minimum atomic E-state index is -2.76. The smallest absolute Gasteiger partial charge is 0.283 e. The standard InChI is InChI=1S/C28H28ClF2N7O3/c1-4-24(28(39)32-19-6-7-22-17(11-19)13-36(2)34-22)37-15-26(40-3)20(9-10-41-16-37)21-12-18(29)5-8-25(21)38-14-23(27(30)31)33-35-38/h5-9,11-15,24,27H,4,10,16H2,1-3H3,(H,32,39)/b20-9-,26-15+. The predicted octanol–water partition coefficient (Wildman–Crippen LogP) is 5.32. The van der Waals surface area contributed by atoms with Crippen LogP contribution in [0, 0.1) is 0 Å². The van der Waals surface area contributed by atoms with Crippen LogP contribution in [0.1, 0.15) is 31.0 Å². The van der Waals surface area contributed by atoms with Crippen molar-refractivity contribution < 1.29 is 23.0 Å². The molecule has 1 aliphatic heterocycles. The van der Waals surface area contributed by atoms with Gasteiger partial charge < -0.3 is 19.7 Å². The fourth-order valence-corrected chi connectivity index (χ4v) is 4.86. The maximum Gasteiger partial charge on any atom is 0.283 e. The molecule has 1 unspecified atom stereocenters. The lowest BCUT2D eigenvalue weighted by atomic mass is 10.0. The molecule has 0 saturated carbocycles. The van der Waals surface area contributed by atoms with Gasteiger partial charge in [-0.15, -0.1) is 5.10 Å². The summed E-state index contributed by atoms with van der Waals surface area (Å²) in [4.78, 5) is 15.2. The number of fused-ring (bicyclic) bond motifs is 1. The van der Waals surface area contributed by atoms with Crippen LogP contribution in [-0.4, -0.2) is 62.1 Å². The molecule has 0 fully saturated rings. The van der Waals surface area contributed by atoms with Gasteiger partial charge in [0.2, 0.25) is 5.91 Å². The third-order valence-corrected chi connectivity index (χ3v) is 6.86. The molecular formula is C28H28ClF2N7O3. The molecule has 0 spiro atoms. The first-order valence-corrected chi connectivity index (χ1v) is 13.2. The van der Waals surface area contributed by atoms with Crippen molar-refractivity contribution in [3.05, 3.63) is 83.1 Å². The zero-order valence-corrected chi connectivity index (χ0v) is 23.3. The number of aryl methyl sites for hydroxylation is 1. The first-order valence-electron chi connectivity index (χ1n) is 12.8. The molecule has 1 aliphatic rings. The fourth-order valence-electron chi connectivity index (χ4n) is 4.68. The average Bonchev–Trinajstić information content (AvgIpc) is 3.56. The number of benzene rings is 2. The molecule has 1 N–H and O–H groups in total. The van der Waals surface area contributed by atoms with E-state index in [0.717, 1.165) is 10.9 Å². The predicted molar refractivity (Wildman–Crippen MR) is 150 cm³/mol. The Balaban J connectivity index is 1.46. The number of ether oxygens (including phenoxy) is 2. The summed E-state index contributed by atoms with van der Waals surface area (Å²) < 4.78 is 41.1. The lowest BCUT2D eigenvalue weighted by molar-refractivity contribution is -0.122. The van der Waals surface area contributed by atoms with E-state index in [1.165, 1.54) is 18.0 Å². The number of alkyl halides is 2. The summed E-state index contributed by atoms with van der Waals surface area (Å²) in [6, 6.07) is 9.93. The van der Waals surface area contributed by atoms with Crippen molar-refractivity contribution >= 4 is 39.7 Å². The fraction of sp³-hybridized carbons (Fsp3) is 0.286. The first kappa shape index (κ1) is 28.2. The molecule has 0 aliphatic carbocycles. The highest BCUT2D eigenvalue weighted by atomic mass is 35.5. The van der Waals surface area contributed by atoms with Gasteiger partial charge in [0.15, 0.2) is 0 Å². The van der Waals surface area contributed by atoms with E-state index >= 15 is 0 Å². The molecule has 0 bridgehead atoms. The van der Waals surface area contributed by atoms with Gasteiger partial charge in [-0.1, -0.05) is 23.7 Å². The van der Waals surface area contributed by atoms with Crippen LogP contribution in [-0.2, 0) is 21.3 Å². The second kappa shape index (κ2) is 12.1. The molecule has 13 heteroatoms. The summed E-state index contributed by atoms with van der Waals surface area (Å²) in [7, 11) is 3.35. The Kier molecular flexibility index (Phi) is 8.31. The van der Waals surface area contributed by atoms with Gasteiger partial charge in [-0.3, -0.25) is 9.48 Å². The second-order valence-electron chi connectivity index (χ2n) is 9.37. The summed E-state index contributed by atoms with van der Waals surface area (Å²) in [6.45, 7) is 2.23. The molecule has 5 rings (SSSR count). The van der Waals surface area contributed by atoms with E-state index in [-0.39, 0.29) is 19.2 Å². The molecule has 0 radical (unpaired) electrons. The molecular weight excluding hydrogens is 556 g/mol. The number of aromatic nitrogens is 5. The minimum Gasteiger partial charge on any atom is -0.495 e. The Morgan fingerprint density at radius 2 is 2.05 bits per heavy atom. The van der Waals surface area contributed by atoms with Gasteiger partial charge in [0, 0.05) is 46.7 Å². The van der Waals surface area contributed by atoms with Crippen LogP contribution >= 0.6 is 11.6 Å². The topological polar surface area (TPSA) is 99.3 Å². The van der Waals surface area contributed by atoms with Gasteiger partial charge in [0.1, 0.15) is 24.2 Å². The van der Waals surface area contributed by atoms with Crippen LogP contribution in [0.3, 0.4) is 0 Å². The summed E-state index contributed by atoms with van der Waals surface area (Å²) in [6.07, 6.45) is 4.28. The molecule has 10 nitrogen and oxygen atoms in total. The summed E-state index contributed by atoms with van der Waals surface area (Å²) in [5.74, 6) is 0.205. The molecule has 0 saturated heterocycles. The van der Waals surface area contributed by atoms with E-state index in [1.807, 2.05) is 38.4 Å². The maximum atomic E-state index is 13.5. The molecule has 2 aromatic carbocycles. The number of allylic oxidation sites excluding steroid dienone is 1. The van der Waals surface area contributed by atoms with Crippen molar-refractivity contribution in [1.82, 2.24) is 29.7 Å². The highest BCUT2D eigenvalue weighted by molar-refractivity contribution is 6.30. The number of anilines is 1. The number of rotatable bonds is 8. The number of hydrogen-bond acceptors (Lipinski definition) is 7. The summed E-state index contributed by atoms with van der Waals surface area (Å²) in [5, 5.41) is 16.2. The van der Waals surface area contributed by atoms with E-state index in [0.29, 0.717) is 39.7 Å². The lowest BCUT2D eigenvalue weighted by Gasteiger charge is -2.31. The van der Waals surface area contributed by atoms with Crippen LogP contribution in [0.4, 0.5) is 14.5 Å². The molecule has 41 heavy (non-hydrogen) atoms. The van der Waals surface area contributed by atoms with Crippen LogP contribution < -0.4 is 5.32 Å². The quantitative estimate of drug-likeness (QED) is 0.300. The second-order valence-corrected chi connectivity index (χ2v) is 9.81. The maximum absolute atomic E-state index is 13.5. The molecule has 1 atom stereocenters. The number of methoxy groups -OCH3 is 1. The summed E-state index contributed by atoms with van der Waals surface area (Å²) in [5.41, 5.74) is 2.64. The van der Waals surface area contributed by atoms with E-state index in [9.17, 15) is 13.6 Å². The molecule has 1 amide bonds. The van der Waals surface area contributed by atoms with Crippen molar-refractivity contribution in [2.45, 2.75) is 25.8 Å². The van der Waals surface area contributed by atoms with Gasteiger partial charge in [-0.05, 0) is 48.9 Å². The van der Waals surface area contributed by atoms with E-state index in [2.05, 4.69) is 20.7 Å². The van der Waals surface area contributed by atoms with Crippen LogP contribution in [0.25, 0.3) is 22.2 Å². The average molecular weight is 584 g/mol. The van der Waals surface area contributed by atoms with Crippen LogP contribution in [0.5, 0.6) is 0 Å². The number of carbonyl (C=O) groups excluding carboxylic acids is 1. The molecule has 3 heterocycles. The highest BCUT2D eigenvalue weighted by Gasteiger charge is 2.26. The van der Waals surface area contributed by atoms with Crippen molar-refractivity contribution in [2.24, 2.45) is 7.05 Å². The van der Waals surface area contributed by atoms with Gasteiger partial charge in [0.25, 0.3) is 6.43 Å². The zero-order chi connectivity index (χ0) is 29.1. The molecule has 2 aromatic heterocycles. The van der Waals surface area contributed by atoms with Crippen LogP contribution in [0.15, 0.2) is 66.8 Å². The Hall–Kier alpha value is -4.29. The Labute approximate surface area is 239 Å². The minimum absolute atomic E-state index is 0.132. The third-order valence-electron chi connectivity index (χ3n) is 6.62. The van der Waals surface area contributed by atoms with E-state index < -0.39 is 18.2 Å². The Morgan fingerprint density at radius 3 is 2.78 bits per heavy atom. The van der Waals surface area contributed by atoms with Crippen molar-refractivity contribution in [3.63, 3.8) is 0 Å². The van der Waals surface area contributed by atoms with E-state index in [4.69, 9.17) is 21.1 Å². The summed E-state index contributed by atoms with van der Waals surface area (Å²) >= 11 is 6.35. The van der Waals surface area contributed by atoms with Gasteiger partial charge in [0.05, 0.1) is 31.1 Å². The highest BCUT2D eigenvalue weighted by Crippen LogP contribution is 2.33. The lowest BCUT2D eigenvalue weighted by Crippen LogP contribution is -2.42. The van der Waals surface area contributed by atoms with Crippen molar-refractivity contribution in [3.8, 4) is 5.69 Å². The monoisotopic (exact) mass is 583 g/mol. The SMILES string of the molecule is CCC(C(=O)Nc1ccc2nn(C)cc2c1)N1/C=C(OC)\C(c2cc(Cl)ccc2-n2cc(C(F)F)nn2)=C/COC1. The third kappa shape index (κ3) is 6.08. The van der Waals surface area contributed by atoms with Gasteiger partial charge in [-0.25, -0.2) is 13.5 Å². The normalized spacial score (nSPS) is 17.4. The Morgan fingerprint density at radius 1 is 1.22 bits per heavy atom. The Bertz CT molecular complexity index is 1630. The van der Waals surface area contributed by atoms with Crippen molar-refractivity contribution in [2.75, 3.05) is 25.8 Å². The van der Waals surface area contributed by atoms with Gasteiger partial charge in [-0.2, -0.15) is 5.10 Å². The number of amides is 1. The van der Waals surface area contributed by atoms with E-state index in [1.54, 1.807) is 40.1 Å². The largest absolute Gasteiger partial charge is 0.495 e. The molecule has 4 aromatic rings. The number of carbonyl (C=O) groups is 1. The first-order chi connectivity index (χ1) is 19.8. The number of halogens is 3. The van der Waals surface area contributed by atoms with Crippen molar-refractivity contribution in [1.29, 1.82) is 0 Å². The number of nitrogens with zero attached hydrogens (tertiary/aromatic N) is 6. The van der Waals surface area contributed by atoms with Crippen LogP contribution in [0.2, 0.25) is 5.02 Å².